The van der Waals surface area contributed by atoms with Crippen LogP contribution in [0.15, 0.2) is 30.3 Å². The minimum Gasteiger partial charge on any atom is -0.353 e. The standard InChI is InChI=1S/C16H24N2O/c1-2-6-13-10-15(13)18-16(19)14(11-17)9-12-7-4-3-5-8-12/h3-5,7-8,13-15H,2,6,9-11,17H2,1H3,(H,18,19). The Labute approximate surface area is 115 Å². The normalized spacial score (nSPS) is 22.8. The Bertz CT molecular complexity index is 404. The number of nitrogens with two attached hydrogens (primary N) is 1. The maximum atomic E-state index is 12.2. The number of rotatable bonds is 7. The zero-order valence-electron chi connectivity index (χ0n) is 11.6. The molecule has 0 aromatic heterocycles. The quantitative estimate of drug-likeness (QED) is 0.789. The Morgan fingerprint density at radius 3 is 2.79 bits per heavy atom. The first kappa shape index (κ1) is 14.1. The van der Waals surface area contributed by atoms with E-state index in [2.05, 4.69) is 12.2 Å². The van der Waals surface area contributed by atoms with Crippen LogP contribution < -0.4 is 11.1 Å². The van der Waals surface area contributed by atoms with Gasteiger partial charge in [0, 0.05) is 12.6 Å². The lowest BCUT2D eigenvalue weighted by molar-refractivity contribution is -0.124. The van der Waals surface area contributed by atoms with Gasteiger partial charge in [0.15, 0.2) is 0 Å². The highest BCUT2D eigenvalue weighted by Gasteiger charge is 2.38. The van der Waals surface area contributed by atoms with E-state index in [1.165, 1.54) is 18.4 Å². The zero-order chi connectivity index (χ0) is 13.7. The summed E-state index contributed by atoms with van der Waals surface area (Å²) in [4.78, 5) is 12.2. The van der Waals surface area contributed by atoms with Gasteiger partial charge in [-0.15, -0.1) is 0 Å². The molecule has 2 rings (SSSR count). The molecule has 3 N–H and O–H groups in total. The molecule has 1 saturated carbocycles. The molecule has 0 bridgehead atoms. The molecule has 19 heavy (non-hydrogen) atoms. The van der Waals surface area contributed by atoms with Crippen LogP contribution in [0.25, 0.3) is 0 Å². The van der Waals surface area contributed by atoms with Crippen LogP contribution in [0, 0.1) is 11.8 Å². The van der Waals surface area contributed by atoms with Gasteiger partial charge in [-0.3, -0.25) is 4.79 Å². The van der Waals surface area contributed by atoms with Crippen LogP contribution in [0.4, 0.5) is 0 Å². The second-order valence-electron chi connectivity index (χ2n) is 5.52. The Balaban J connectivity index is 1.83. The molecule has 1 aliphatic carbocycles. The van der Waals surface area contributed by atoms with E-state index in [1.54, 1.807) is 0 Å². The third kappa shape index (κ3) is 4.06. The number of amides is 1. The van der Waals surface area contributed by atoms with Crippen LogP contribution in [0.3, 0.4) is 0 Å². The smallest absolute Gasteiger partial charge is 0.224 e. The van der Waals surface area contributed by atoms with Gasteiger partial charge in [-0.05, 0) is 30.7 Å². The molecule has 0 radical (unpaired) electrons. The summed E-state index contributed by atoms with van der Waals surface area (Å²) in [6, 6.07) is 10.5. The molecule has 0 heterocycles. The second kappa shape index (κ2) is 6.71. The largest absolute Gasteiger partial charge is 0.353 e. The lowest BCUT2D eigenvalue weighted by Gasteiger charge is -2.15. The lowest BCUT2D eigenvalue weighted by atomic mass is 9.98. The Morgan fingerprint density at radius 2 is 2.16 bits per heavy atom. The molecular weight excluding hydrogens is 236 g/mol. The van der Waals surface area contributed by atoms with Crippen molar-refractivity contribution in [3.63, 3.8) is 0 Å². The van der Waals surface area contributed by atoms with Crippen molar-refractivity contribution in [2.24, 2.45) is 17.6 Å². The van der Waals surface area contributed by atoms with Crippen molar-refractivity contribution < 1.29 is 4.79 Å². The van der Waals surface area contributed by atoms with Crippen LogP contribution in [0.2, 0.25) is 0 Å². The summed E-state index contributed by atoms with van der Waals surface area (Å²) >= 11 is 0. The van der Waals surface area contributed by atoms with Crippen molar-refractivity contribution in [3.8, 4) is 0 Å². The van der Waals surface area contributed by atoms with Crippen LogP contribution in [-0.2, 0) is 11.2 Å². The van der Waals surface area contributed by atoms with Gasteiger partial charge in [0.2, 0.25) is 5.91 Å². The maximum Gasteiger partial charge on any atom is 0.224 e. The van der Waals surface area contributed by atoms with Crippen molar-refractivity contribution >= 4 is 5.91 Å². The number of carbonyl (C=O) groups is 1. The number of carbonyl (C=O) groups excluding carboxylic acids is 1. The first-order chi connectivity index (χ1) is 9.24. The molecular formula is C16H24N2O. The molecule has 3 heteroatoms. The van der Waals surface area contributed by atoms with Gasteiger partial charge in [-0.2, -0.15) is 0 Å². The second-order valence-corrected chi connectivity index (χ2v) is 5.52. The highest BCUT2D eigenvalue weighted by molar-refractivity contribution is 5.79. The predicted molar refractivity (Wildman–Crippen MR) is 77.6 cm³/mol. The van der Waals surface area contributed by atoms with Crippen molar-refractivity contribution in [2.75, 3.05) is 6.54 Å². The summed E-state index contributed by atoms with van der Waals surface area (Å²) in [5.41, 5.74) is 6.93. The molecule has 3 atom stereocenters. The van der Waals surface area contributed by atoms with Gasteiger partial charge < -0.3 is 11.1 Å². The van der Waals surface area contributed by atoms with E-state index in [9.17, 15) is 4.79 Å². The van der Waals surface area contributed by atoms with E-state index in [4.69, 9.17) is 5.73 Å². The molecule has 1 amide bonds. The molecule has 3 unspecified atom stereocenters. The van der Waals surface area contributed by atoms with Crippen molar-refractivity contribution in [2.45, 2.75) is 38.6 Å². The molecule has 0 aliphatic heterocycles. The fourth-order valence-corrected chi connectivity index (χ4v) is 2.60. The predicted octanol–water partition coefficient (Wildman–Crippen LogP) is 2.11. The Kier molecular flexibility index (Phi) is 4.97. The van der Waals surface area contributed by atoms with Crippen molar-refractivity contribution in [1.29, 1.82) is 0 Å². The zero-order valence-corrected chi connectivity index (χ0v) is 11.6. The van der Waals surface area contributed by atoms with Gasteiger partial charge >= 0.3 is 0 Å². The number of nitrogens with one attached hydrogen (secondary N) is 1. The van der Waals surface area contributed by atoms with Gasteiger partial charge in [0.1, 0.15) is 0 Å². The summed E-state index contributed by atoms with van der Waals surface area (Å²) in [6.07, 6.45) is 4.29. The first-order valence-electron chi connectivity index (χ1n) is 7.29. The van der Waals surface area contributed by atoms with Crippen molar-refractivity contribution in [3.05, 3.63) is 35.9 Å². The summed E-state index contributed by atoms with van der Waals surface area (Å²) in [6.45, 7) is 2.60. The number of hydrogen-bond donors (Lipinski definition) is 2. The molecule has 0 saturated heterocycles. The van der Waals surface area contributed by atoms with Gasteiger partial charge in [0.25, 0.3) is 0 Å². The van der Waals surface area contributed by atoms with Crippen molar-refractivity contribution in [1.82, 2.24) is 5.32 Å². The topological polar surface area (TPSA) is 55.1 Å². The molecule has 104 valence electrons. The molecule has 3 nitrogen and oxygen atoms in total. The number of hydrogen-bond acceptors (Lipinski definition) is 2. The third-order valence-electron chi connectivity index (χ3n) is 3.89. The summed E-state index contributed by atoms with van der Waals surface area (Å²) in [5.74, 6) is 0.712. The van der Waals surface area contributed by atoms with E-state index in [0.717, 1.165) is 12.8 Å². The van der Waals surface area contributed by atoms with E-state index >= 15 is 0 Å². The van der Waals surface area contributed by atoms with Crippen LogP contribution in [0.1, 0.15) is 31.7 Å². The van der Waals surface area contributed by atoms with Gasteiger partial charge in [-0.25, -0.2) is 0 Å². The SMILES string of the molecule is CCCC1CC1NC(=O)C(CN)Cc1ccccc1. The van der Waals surface area contributed by atoms with Gasteiger partial charge in [0.05, 0.1) is 5.92 Å². The summed E-state index contributed by atoms with van der Waals surface area (Å²) in [7, 11) is 0. The average molecular weight is 260 g/mol. The van der Waals surface area contributed by atoms with Crippen LogP contribution >= 0.6 is 0 Å². The van der Waals surface area contributed by atoms with Crippen LogP contribution in [0.5, 0.6) is 0 Å². The van der Waals surface area contributed by atoms with Gasteiger partial charge in [-0.1, -0.05) is 43.7 Å². The van der Waals surface area contributed by atoms with Crippen LogP contribution in [-0.4, -0.2) is 18.5 Å². The Morgan fingerprint density at radius 1 is 1.42 bits per heavy atom. The highest BCUT2D eigenvalue weighted by Crippen LogP contribution is 2.34. The molecule has 1 aromatic rings. The third-order valence-corrected chi connectivity index (χ3v) is 3.89. The average Bonchev–Trinajstić information content (AvgIpc) is 3.15. The Hall–Kier alpha value is -1.35. The van der Waals surface area contributed by atoms with E-state index in [-0.39, 0.29) is 11.8 Å². The van der Waals surface area contributed by atoms with E-state index in [1.807, 2.05) is 30.3 Å². The minimum absolute atomic E-state index is 0.106. The molecule has 1 aromatic carbocycles. The van der Waals surface area contributed by atoms with E-state index in [0.29, 0.717) is 18.5 Å². The highest BCUT2D eigenvalue weighted by atomic mass is 16.2. The fourth-order valence-electron chi connectivity index (χ4n) is 2.60. The molecule has 0 spiro atoms. The first-order valence-corrected chi connectivity index (χ1v) is 7.29. The fraction of sp³-hybridized carbons (Fsp3) is 0.562. The maximum absolute atomic E-state index is 12.2. The summed E-state index contributed by atoms with van der Waals surface area (Å²) < 4.78 is 0. The van der Waals surface area contributed by atoms with E-state index < -0.39 is 0 Å². The summed E-state index contributed by atoms with van der Waals surface area (Å²) in [5, 5.41) is 3.14. The molecule has 1 fully saturated rings. The monoisotopic (exact) mass is 260 g/mol. The molecule has 1 aliphatic rings. The minimum atomic E-state index is -0.106. The lowest BCUT2D eigenvalue weighted by Crippen LogP contribution is -2.38. The number of benzene rings is 1.